The van der Waals surface area contributed by atoms with Crippen molar-refractivity contribution in [3.63, 3.8) is 0 Å². The lowest BCUT2D eigenvalue weighted by Crippen LogP contribution is -2.33. The maximum atomic E-state index is 12.3. The Morgan fingerprint density at radius 3 is 2.48 bits per heavy atom. The van der Waals surface area contributed by atoms with Crippen LogP contribution >= 0.6 is 0 Å². The number of nitrogens with zero attached hydrogens (tertiary/aromatic N) is 1. The standard InChI is InChI=1S/C20H21N3O6/c1-28-15-7-4-13(5-8-15)19(12-2-3-12)22-18(24)11-29-20(25)16-9-6-14(23(26)27)10-17(16)21/h4-10,12,19H,2-3,11,21H2,1H3,(H,22,24). The van der Waals surface area contributed by atoms with Crippen LogP contribution in [-0.2, 0) is 9.53 Å². The Balaban J connectivity index is 1.59. The number of esters is 1. The maximum absolute atomic E-state index is 12.3. The minimum atomic E-state index is -0.819. The van der Waals surface area contributed by atoms with Gasteiger partial charge in [0.1, 0.15) is 5.75 Å². The van der Waals surface area contributed by atoms with Gasteiger partial charge in [-0.2, -0.15) is 0 Å². The number of hydrogen-bond acceptors (Lipinski definition) is 7. The van der Waals surface area contributed by atoms with Gasteiger partial charge in [-0.3, -0.25) is 14.9 Å². The van der Waals surface area contributed by atoms with E-state index < -0.39 is 23.4 Å². The van der Waals surface area contributed by atoms with Crippen LogP contribution in [0.4, 0.5) is 11.4 Å². The van der Waals surface area contributed by atoms with Gasteiger partial charge >= 0.3 is 5.97 Å². The molecule has 1 fully saturated rings. The van der Waals surface area contributed by atoms with Crippen molar-refractivity contribution in [1.82, 2.24) is 5.32 Å². The number of non-ortho nitro benzene ring substituents is 1. The summed E-state index contributed by atoms with van der Waals surface area (Å²) in [6.07, 6.45) is 2.02. The molecule has 2 aromatic carbocycles. The topological polar surface area (TPSA) is 134 Å². The fourth-order valence-electron chi connectivity index (χ4n) is 2.99. The number of nitro benzene ring substituents is 1. The molecule has 2 aromatic rings. The number of ether oxygens (including phenoxy) is 2. The molecule has 0 heterocycles. The van der Waals surface area contributed by atoms with E-state index in [-0.39, 0.29) is 23.0 Å². The third-order valence-electron chi connectivity index (χ3n) is 4.69. The fraction of sp³-hybridized carbons (Fsp3) is 0.300. The number of carbonyl (C=O) groups excluding carboxylic acids is 2. The van der Waals surface area contributed by atoms with Crippen molar-refractivity contribution in [2.75, 3.05) is 19.5 Å². The molecule has 1 aliphatic rings. The quantitative estimate of drug-likeness (QED) is 0.301. The Labute approximate surface area is 166 Å². The molecule has 9 heteroatoms. The lowest BCUT2D eigenvalue weighted by molar-refractivity contribution is -0.384. The van der Waals surface area contributed by atoms with Crippen LogP contribution in [-0.4, -0.2) is 30.5 Å². The van der Waals surface area contributed by atoms with Crippen molar-refractivity contribution in [2.45, 2.75) is 18.9 Å². The van der Waals surface area contributed by atoms with Gasteiger partial charge in [0, 0.05) is 12.1 Å². The summed E-state index contributed by atoms with van der Waals surface area (Å²) in [4.78, 5) is 34.6. The Morgan fingerprint density at radius 1 is 1.24 bits per heavy atom. The number of nitrogens with two attached hydrogens (primary N) is 1. The summed E-state index contributed by atoms with van der Waals surface area (Å²) in [6, 6.07) is 10.7. The zero-order chi connectivity index (χ0) is 21.0. The summed E-state index contributed by atoms with van der Waals surface area (Å²) < 4.78 is 10.2. The van der Waals surface area contributed by atoms with Crippen LogP contribution in [0.3, 0.4) is 0 Å². The number of nitrogens with one attached hydrogen (secondary N) is 1. The van der Waals surface area contributed by atoms with Crippen molar-refractivity contribution < 1.29 is 24.0 Å². The molecule has 1 unspecified atom stereocenters. The Bertz CT molecular complexity index is 924. The largest absolute Gasteiger partial charge is 0.497 e. The Morgan fingerprint density at radius 2 is 1.93 bits per heavy atom. The second-order valence-electron chi connectivity index (χ2n) is 6.76. The molecule has 3 rings (SSSR count). The smallest absolute Gasteiger partial charge is 0.340 e. The molecule has 1 amide bonds. The van der Waals surface area contributed by atoms with Gasteiger partial charge in [-0.1, -0.05) is 12.1 Å². The average molecular weight is 399 g/mol. The molecule has 9 nitrogen and oxygen atoms in total. The molecular weight excluding hydrogens is 378 g/mol. The van der Waals surface area contributed by atoms with E-state index >= 15 is 0 Å². The predicted molar refractivity (Wildman–Crippen MR) is 104 cm³/mol. The van der Waals surface area contributed by atoms with Crippen LogP contribution in [0.2, 0.25) is 0 Å². The average Bonchev–Trinajstić information content (AvgIpc) is 3.55. The van der Waals surface area contributed by atoms with Gasteiger partial charge in [0.25, 0.3) is 11.6 Å². The molecule has 3 N–H and O–H groups in total. The van der Waals surface area contributed by atoms with Crippen molar-refractivity contribution in [2.24, 2.45) is 5.92 Å². The first-order valence-corrected chi connectivity index (χ1v) is 9.03. The number of nitrogen functional groups attached to an aromatic ring is 1. The molecule has 29 heavy (non-hydrogen) atoms. The Hall–Kier alpha value is -3.62. The third kappa shape index (κ3) is 5.01. The highest BCUT2D eigenvalue weighted by atomic mass is 16.6. The first kappa shape index (κ1) is 20.1. The summed E-state index contributed by atoms with van der Waals surface area (Å²) >= 11 is 0. The highest BCUT2D eigenvalue weighted by Crippen LogP contribution is 2.41. The van der Waals surface area contributed by atoms with Gasteiger partial charge in [-0.15, -0.1) is 0 Å². The molecule has 152 valence electrons. The van der Waals surface area contributed by atoms with Crippen LogP contribution in [0.15, 0.2) is 42.5 Å². The van der Waals surface area contributed by atoms with E-state index in [1.54, 1.807) is 7.11 Å². The van der Waals surface area contributed by atoms with Gasteiger partial charge in [-0.25, -0.2) is 4.79 Å². The molecule has 1 atom stereocenters. The second-order valence-corrected chi connectivity index (χ2v) is 6.76. The number of anilines is 1. The molecule has 0 spiro atoms. The highest BCUT2D eigenvalue weighted by Gasteiger charge is 2.33. The van der Waals surface area contributed by atoms with Crippen molar-refractivity contribution >= 4 is 23.3 Å². The van der Waals surface area contributed by atoms with Gasteiger partial charge in [0.2, 0.25) is 0 Å². The number of carbonyl (C=O) groups is 2. The normalized spacial score (nSPS) is 14.0. The third-order valence-corrected chi connectivity index (χ3v) is 4.69. The minimum Gasteiger partial charge on any atom is -0.497 e. The van der Waals surface area contributed by atoms with Crippen LogP contribution in [0, 0.1) is 16.0 Å². The van der Waals surface area contributed by atoms with Crippen molar-refractivity contribution in [3.8, 4) is 5.75 Å². The van der Waals surface area contributed by atoms with Crippen molar-refractivity contribution in [1.29, 1.82) is 0 Å². The van der Waals surface area contributed by atoms with Crippen LogP contribution in [0.1, 0.15) is 34.8 Å². The van der Waals surface area contributed by atoms with Crippen LogP contribution in [0.5, 0.6) is 5.75 Å². The highest BCUT2D eigenvalue weighted by molar-refractivity contribution is 5.96. The summed E-state index contributed by atoms with van der Waals surface area (Å²) in [5.74, 6) is -0.191. The number of nitro groups is 1. The predicted octanol–water partition coefficient (Wildman–Crippen LogP) is 2.61. The summed E-state index contributed by atoms with van der Waals surface area (Å²) in [5.41, 5.74) is 6.28. The maximum Gasteiger partial charge on any atom is 0.340 e. The SMILES string of the molecule is COc1ccc(C(NC(=O)COC(=O)c2ccc([N+](=O)[O-])cc2N)C2CC2)cc1. The van der Waals surface area contributed by atoms with E-state index in [0.717, 1.165) is 36.3 Å². The van der Waals surface area contributed by atoms with E-state index in [1.165, 1.54) is 6.07 Å². The van der Waals surface area contributed by atoms with Crippen molar-refractivity contribution in [3.05, 3.63) is 63.7 Å². The number of benzene rings is 2. The molecule has 0 saturated heterocycles. The van der Waals surface area contributed by atoms with Gasteiger partial charge in [0.05, 0.1) is 29.3 Å². The number of rotatable bonds is 8. The molecule has 0 aromatic heterocycles. The lowest BCUT2D eigenvalue weighted by Gasteiger charge is -2.19. The zero-order valence-electron chi connectivity index (χ0n) is 15.8. The molecular formula is C20H21N3O6. The molecule has 0 bridgehead atoms. The summed E-state index contributed by atoms with van der Waals surface area (Å²) in [5, 5.41) is 13.6. The number of methoxy groups -OCH3 is 1. The number of hydrogen-bond donors (Lipinski definition) is 2. The number of amides is 1. The first-order valence-electron chi connectivity index (χ1n) is 9.03. The van der Waals surface area contributed by atoms with Crippen LogP contribution < -0.4 is 15.8 Å². The van der Waals surface area contributed by atoms with E-state index in [2.05, 4.69) is 5.32 Å². The van der Waals surface area contributed by atoms with Gasteiger partial charge in [0.15, 0.2) is 6.61 Å². The monoisotopic (exact) mass is 399 g/mol. The van der Waals surface area contributed by atoms with E-state index in [0.29, 0.717) is 5.92 Å². The van der Waals surface area contributed by atoms with Crippen LogP contribution in [0.25, 0.3) is 0 Å². The zero-order valence-corrected chi connectivity index (χ0v) is 15.8. The van der Waals surface area contributed by atoms with Gasteiger partial charge in [-0.05, 0) is 42.5 Å². The summed E-state index contributed by atoms with van der Waals surface area (Å²) in [6.45, 7) is -0.478. The minimum absolute atomic E-state index is 0.0303. The molecule has 1 saturated carbocycles. The Kier molecular flexibility index (Phi) is 5.96. The molecule has 0 radical (unpaired) electrons. The molecule has 1 aliphatic carbocycles. The van der Waals surface area contributed by atoms with E-state index in [1.807, 2.05) is 24.3 Å². The van der Waals surface area contributed by atoms with Gasteiger partial charge < -0.3 is 20.5 Å². The summed E-state index contributed by atoms with van der Waals surface area (Å²) in [7, 11) is 1.58. The fourth-order valence-corrected chi connectivity index (χ4v) is 2.99. The second kappa shape index (κ2) is 8.59. The lowest BCUT2D eigenvalue weighted by atomic mass is 10.0. The van der Waals surface area contributed by atoms with E-state index in [9.17, 15) is 19.7 Å². The molecule has 0 aliphatic heterocycles. The first-order chi connectivity index (χ1) is 13.9. The van der Waals surface area contributed by atoms with E-state index in [4.69, 9.17) is 15.2 Å².